The van der Waals surface area contributed by atoms with Crippen molar-refractivity contribution >= 4 is 23.2 Å². The smallest absolute Gasteiger partial charge is 0.224 e. The molecule has 1 fully saturated rings. The molecule has 1 aliphatic rings. The van der Waals surface area contributed by atoms with Crippen LogP contribution in [0.25, 0.3) is 0 Å². The number of carbonyl (C=O) groups excluding carboxylic acids is 2. The van der Waals surface area contributed by atoms with E-state index >= 15 is 0 Å². The third kappa shape index (κ3) is 5.56. The van der Waals surface area contributed by atoms with Crippen LogP contribution < -0.4 is 10.6 Å². The van der Waals surface area contributed by atoms with Crippen molar-refractivity contribution < 1.29 is 9.59 Å². The van der Waals surface area contributed by atoms with E-state index in [-0.39, 0.29) is 11.8 Å². The molecule has 0 spiro atoms. The van der Waals surface area contributed by atoms with Crippen LogP contribution in [-0.4, -0.2) is 60.9 Å². The molecule has 0 aromatic heterocycles. The second-order valence-corrected chi connectivity index (χ2v) is 5.75. The molecule has 1 saturated heterocycles. The average molecular weight is 318 g/mol. The first-order chi connectivity index (χ1) is 11.1. The number of nitrogens with one attached hydrogen (secondary N) is 2. The molecule has 0 atom stereocenters. The number of anilines is 2. The zero-order valence-corrected chi connectivity index (χ0v) is 14.0. The number of nitrogens with zero attached hydrogens (tertiary/aromatic N) is 2. The highest BCUT2D eigenvalue weighted by Gasteiger charge is 2.19. The van der Waals surface area contributed by atoms with E-state index in [1.165, 1.54) is 6.92 Å². The Morgan fingerprint density at radius 1 is 1.04 bits per heavy atom. The molecule has 6 nitrogen and oxygen atoms in total. The van der Waals surface area contributed by atoms with E-state index < -0.39 is 0 Å². The van der Waals surface area contributed by atoms with Gasteiger partial charge in [-0.05, 0) is 30.8 Å². The van der Waals surface area contributed by atoms with Crippen molar-refractivity contribution in [3.8, 4) is 0 Å². The van der Waals surface area contributed by atoms with Crippen molar-refractivity contribution in [3.63, 3.8) is 0 Å². The van der Waals surface area contributed by atoms with Gasteiger partial charge in [-0.3, -0.25) is 9.59 Å². The Balaban J connectivity index is 1.70. The number of amides is 2. The molecule has 2 rings (SSSR count). The molecule has 1 aromatic rings. The van der Waals surface area contributed by atoms with Gasteiger partial charge < -0.3 is 20.4 Å². The summed E-state index contributed by atoms with van der Waals surface area (Å²) in [6.07, 6.45) is 0.500. The zero-order chi connectivity index (χ0) is 16.7. The Morgan fingerprint density at radius 2 is 1.65 bits per heavy atom. The van der Waals surface area contributed by atoms with Gasteiger partial charge in [-0.25, -0.2) is 0 Å². The molecule has 126 valence electrons. The van der Waals surface area contributed by atoms with Crippen molar-refractivity contribution in [2.45, 2.75) is 20.3 Å². The van der Waals surface area contributed by atoms with E-state index in [4.69, 9.17) is 0 Å². The molecule has 0 bridgehead atoms. The number of likely N-dealkylation sites (N-methyl/N-ethyl adjacent to an activating group) is 1. The van der Waals surface area contributed by atoms with E-state index in [1.807, 2.05) is 29.2 Å². The highest BCUT2D eigenvalue weighted by Crippen LogP contribution is 2.13. The van der Waals surface area contributed by atoms with E-state index in [9.17, 15) is 9.59 Å². The Hall–Kier alpha value is -2.08. The third-order valence-corrected chi connectivity index (χ3v) is 4.05. The SMILES string of the molecule is CCN1CCN(C(=O)CCNc2ccc(NC(C)=O)cc2)CC1. The summed E-state index contributed by atoms with van der Waals surface area (Å²) in [6, 6.07) is 7.48. The number of benzene rings is 1. The maximum atomic E-state index is 12.2. The molecule has 1 aromatic carbocycles. The summed E-state index contributed by atoms with van der Waals surface area (Å²) < 4.78 is 0. The van der Waals surface area contributed by atoms with Gasteiger partial charge in [0.25, 0.3) is 0 Å². The van der Waals surface area contributed by atoms with Crippen molar-refractivity contribution in [3.05, 3.63) is 24.3 Å². The van der Waals surface area contributed by atoms with Crippen LogP contribution in [0.2, 0.25) is 0 Å². The first kappa shape index (κ1) is 17.3. The normalized spacial score (nSPS) is 15.3. The fourth-order valence-corrected chi connectivity index (χ4v) is 2.66. The van der Waals surface area contributed by atoms with Crippen LogP contribution in [0, 0.1) is 0 Å². The van der Waals surface area contributed by atoms with E-state index in [2.05, 4.69) is 22.5 Å². The third-order valence-electron chi connectivity index (χ3n) is 4.05. The molecular formula is C17H26N4O2. The van der Waals surface area contributed by atoms with Gasteiger partial charge in [-0.15, -0.1) is 0 Å². The molecule has 6 heteroatoms. The van der Waals surface area contributed by atoms with Gasteiger partial charge in [0.15, 0.2) is 0 Å². The lowest BCUT2D eigenvalue weighted by Gasteiger charge is -2.34. The zero-order valence-electron chi connectivity index (χ0n) is 14.0. The molecule has 23 heavy (non-hydrogen) atoms. The standard InChI is InChI=1S/C17H26N4O2/c1-3-20-10-12-21(13-11-20)17(23)8-9-18-15-4-6-16(7-5-15)19-14(2)22/h4-7,18H,3,8-13H2,1-2H3,(H,19,22). The second-order valence-electron chi connectivity index (χ2n) is 5.75. The largest absolute Gasteiger partial charge is 0.385 e. The monoisotopic (exact) mass is 318 g/mol. The van der Waals surface area contributed by atoms with Gasteiger partial charge in [0.1, 0.15) is 0 Å². The molecule has 0 saturated carbocycles. The number of hydrogen-bond acceptors (Lipinski definition) is 4. The molecule has 2 amide bonds. The van der Waals surface area contributed by atoms with Crippen molar-refractivity contribution in [2.24, 2.45) is 0 Å². The first-order valence-corrected chi connectivity index (χ1v) is 8.20. The van der Waals surface area contributed by atoms with E-state index in [1.54, 1.807) is 0 Å². The van der Waals surface area contributed by atoms with Gasteiger partial charge in [0, 0.05) is 57.4 Å². The lowest BCUT2D eigenvalue weighted by Crippen LogP contribution is -2.48. The molecule has 1 heterocycles. The number of rotatable bonds is 6. The molecule has 2 N–H and O–H groups in total. The van der Waals surface area contributed by atoms with Crippen LogP contribution in [0.1, 0.15) is 20.3 Å². The minimum atomic E-state index is -0.0838. The van der Waals surface area contributed by atoms with Crippen LogP contribution in [0.4, 0.5) is 11.4 Å². The fourth-order valence-electron chi connectivity index (χ4n) is 2.66. The summed E-state index contributed by atoms with van der Waals surface area (Å²) in [5, 5.41) is 5.97. The lowest BCUT2D eigenvalue weighted by atomic mass is 10.2. The van der Waals surface area contributed by atoms with Crippen LogP contribution in [-0.2, 0) is 9.59 Å². The highest BCUT2D eigenvalue weighted by atomic mass is 16.2. The van der Waals surface area contributed by atoms with E-state index in [0.29, 0.717) is 13.0 Å². The quantitative estimate of drug-likeness (QED) is 0.836. The predicted molar refractivity (Wildman–Crippen MR) is 92.5 cm³/mol. The number of piperazine rings is 1. The molecule has 0 aliphatic carbocycles. The van der Waals surface area contributed by atoms with Crippen molar-refractivity contribution in [2.75, 3.05) is 49.9 Å². The minimum absolute atomic E-state index is 0.0838. The molecule has 0 radical (unpaired) electrons. The van der Waals surface area contributed by atoms with Crippen LogP contribution >= 0.6 is 0 Å². The van der Waals surface area contributed by atoms with Gasteiger partial charge in [-0.2, -0.15) is 0 Å². The van der Waals surface area contributed by atoms with Gasteiger partial charge in [-0.1, -0.05) is 6.92 Å². The molecule has 0 unspecified atom stereocenters. The Kier molecular flexibility index (Phi) is 6.40. The Bertz CT molecular complexity index is 522. The minimum Gasteiger partial charge on any atom is -0.385 e. The number of hydrogen-bond donors (Lipinski definition) is 2. The fraction of sp³-hybridized carbons (Fsp3) is 0.529. The van der Waals surface area contributed by atoms with Gasteiger partial charge in [0.2, 0.25) is 11.8 Å². The van der Waals surface area contributed by atoms with Crippen molar-refractivity contribution in [1.29, 1.82) is 0 Å². The average Bonchev–Trinajstić information content (AvgIpc) is 2.56. The summed E-state index contributed by atoms with van der Waals surface area (Å²) >= 11 is 0. The van der Waals surface area contributed by atoms with Crippen LogP contribution in [0.15, 0.2) is 24.3 Å². The maximum absolute atomic E-state index is 12.2. The highest BCUT2D eigenvalue weighted by molar-refractivity contribution is 5.88. The van der Waals surface area contributed by atoms with Crippen molar-refractivity contribution in [1.82, 2.24) is 9.80 Å². The molecule has 1 aliphatic heterocycles. The number of carbonyl (C=O) groups is 2. The van der Waals surface area contributed by atoms with Gasteiger partial charge in [0.05, 0.1) is 0 Å². The summed E-state index contributed by atoms with van der Waals surface area (Å²) in [5.74, 6) is 0.127. The second kappa shape index (κ2) is 8.53. The van der Waals surface area contributed by atoms with Gasteiger partial charge >= 0.3 is 0 Å². The Labute approximate surface area is 137 Å². The lowest BCUT2D eigenvalue weighted by molar-refractivity contribution is -0.132. The molecular weight excluding hydrogens is 292 g/mol. The Morgan fingerprint density at radius 3 is 2.22 bits per heavy atom. The predicted octanol–water partition coefficient (Wildman–Crippen LogP) is 1.61. The summed E-state index contributed by atoms with van der Waals surface area (Å²) in [4.78, 5) is 27.5. The summed E-state index contributed by atoms with van der Waals surface area (Å²) in [7, 11) is 0. The van der Waals surface area contributed by atoms with Crippen LogP contribution in [0.3, 0.4) is 0 Å². The maximum Gasteiger partial charge on any atom is 0.224 e. The summed E-state index contributed by atoms with van der Waals surface area (Å²) in [5.41, 5.74) is 1.72. The topological polar surface area (TPSA) is 64.7 Å². The van der Waals surface area contributed by atoms with Crippen LogP contribution in [0.5, 0.6) is 0 Å². The summed E-state index contributed by atoms with van der Waals surface area (Å²) in [6.45, 7) is 8.91. The van der Waals surface area contributed by atoms with E-state index in [0.717, 1.165) is 44.1 Å². The first-order valence-electron chi connectivity index (χ1n) is 8.20.